The maximum Gasteiger partial charge on any atom is 0.148 e. The van der Waals surface area contributed by atoms with Crippen LogP contribution < -0.4 is 4.90 Å². The van der Waals surface area contributed by atoms with Crippen molar-refractivity contribution in [1.29, 1.82) is 10.5 Å². The van der Waals surface area contributed by atoms with Crippen molar-refractivity contribution in [3.05, 3.63) is 11.0 Å². The summed E-state index contributed by atoms with van der Waals surface area (Å²) in [5.41, 5.74) is -0.403. The molecule has 0 amide bonds. The number of rotatable bonds is 3. The van der Waals surface area contributed by atoms with Crippen LogP contribution in [0.4, 0.5) is 0 Å². The number of hydrogen-bond donors (Lipinski definition) is 1. The fourth-order valence-corrected chi connectivity index (χ4v) is 0.825. The second kappa shape index (κ2) is 11.4. The van der Waals surface area contributed by atoms with E-state index in [9.17, 15) is 0 Å². The molecule has 0 aliphatic heterocycles. The molecule has 1 N–H and O–H groups in total. The third-order valence-electron chi connectivity index (χ3n) is 1.84. The summed E-state index contributed by atoms with van der Waals surface area (Å²) < 4.78 is 0. The smallest absolute Gasteiger partial charge is 0.148 e. The first-order chi connectivity index (χ1) is 6.69. The van der Waals surface area contributed by atoms with E-state index in [1.165, 1.54) is 37.6 Å². The minimum atomic E-state index is -0.403. The molecule has 0 spiro atoms. The molecule has 14 heavy (non-hydrogen) atoms. The van der Waals surface area contributed by atoms with Crippen LogP contribution in [-0.2, 0) is 0 Å². The molecular weight excluding hydrogens is 176 g/mol. The standard InChI is InChI=1S/C6H15N.C4N3/c1-4-7(5-2)6-3;5-1-4(2-6)3-7/h4-6H2,1-3H3;/q;-1/p+1. The van der Waals surface area contributed by atoms with Crippen molar-refractivity contribution in [3.8, 4) is 12.1 Å². The Morgan fingerprint density at radius 2 is 1.43 bits per heavy atom. The van der Waals surface area contributed by atoms with E-state index in [1.54, 1.807) is 4.90 Å². The molecule has 0 bridgehead atoms. The first-order valence-electron chi connectivity index (χ1n) is 4.60. The summed E-state index contributed by atoms with van der Waals surface area (Å²) in [6, 6.07) is 2.79. The second-order valence-corrected chi connectivity index (χ2v) is 2.52. The normalized spacial score (nSPS) is 7.57. The van der Waals surface area contributed by atoms with E-state index in [0.29, 0.717) is 0 Å². The zero-order valence-electron chi connectivity index (χ0n) is 8.96. The van der Waals surface area contributed by atoms with Crippen molar-refractivity contribution in [3.63, 3.8) is 0 Å². The molecule has 0 aromatic rings. The minimum absolute atomic E-state index is 0.403. The van der Waals surface area contributed by atoms with E-state index in [1.807, 2.05) is 0 Å². The van der Waals surface area contributed by atoms with Crippen molar-refractivity contribution >= 4 is 5.87 Å². The number of nitrogens with one attached hydrogen (secondary N) is 1. The average molecular weight is 192 g/mol. The SMILES string of the molecule is CC[NH+](CC)CC.N#CC(=C=[N-])C#N. The third-order valence-corrected chi connectivity index (χ3v) is 1.84. The Balaban J connectivity index is 0. The summed E-state index contributed by atoms with van der Waals surface area (Å²) in [6.07, 6.45) is 0. The molecule has 0 rings (SSSR count). The van der Waals surface area contributed by atoms with Crippen LogP contribution in [0.5, 0.6) is 0 Å². The van der Waals surface area contributed by atoms with Gasteiger partial charge in [-0.05, 0) is 20.8 Å². The molecule has 0 aliphatic carbocycles. The zero-order chi connectivity index (χ0) is 11.4. The summed E-state index contributed by atoms with van der Waals surface area (Å²) in [5.74, 6) is 1.40. The van der Waals surface area contributed by atoms with Gasteiger partial charge in [0.15, 0.2) is 0 Å². The van der Waals surface area contributed by atoms with Crippen molar-refractivity contribution in [2.24, 2.45) is 0 Å². The van der Waals surface area contributed by atoms with Gasteiger partial charge in [-0.25, -0.2) is 5.87 Å². The van der Waals surface area contributed by atoms with Gasteiger partial charge in [-0.1, -0.05) is 0 Å². The van der Waals surface area contributed by atoms with Crippen LogP contribution in [0.15, 0.2) is 5.57 Å². The van der Waals surface area contributed by atoms with E-state index >= 15 is 0 Å². The number of quaternary nitrogens is 1. The zero-order valence-corrected chi connectivity index (χ0v) is 8.96. The molecule has 0 aliphatic rings. The molecule has 4 nitrogen and oxygen atoms in total. The lowest BCUT2D eigenvalue weighted by Crippen LogP contribution is -3.11. The molecule has 0 saturated carbocycles. The Hall–Kier alpha value is -1.61. The Labute approximate surface area is 85.6 Å². The van der Waals surface area contributed by atoms with Crippen LogP contribution in [0.3, 0.4) is 0 Å². The molecule has 4 heteroatoms. The largest absolute Gasteiger partial charge is 0.762 e. The van der Waals surface area contributed by atoms with Crippen molar-refractivity contribution in [2.75, 3.05) is 19.6 Å². The summed E-state index contributed by atoms with van der Waals surface area (Å²) in [5, 5.41) is 23.4. The predicted molar refractivity (Wildman–Crippen MR) is 55.7 cm³/mol. The van der Waals surface area contributed by atoms with Crippen molar-refractivity contribution in [1.82, 2.24) is 0 Å². The van der Waals surface area contributed by atoms with Crippen molar-refractivity contribution in [2.45, 2.75) is 20.8 Å². The molecule has 0 aromatic heterocycles. The summed E-state index contributed by atoms with van der Waals surface area (Å²) in [7, 11) is 0. The Morgan fingerprint density at radius 1 is 1.07 bits per heavy atom. The van der Waals surface area contributed by atoms with E-state index in [4.69, 9.17) is 15.9 Å². The Morgan fingerprint density at radius 3 is 1.43 bits per heavy atom. The van der Waals surface area contributed by atoms with Gasteiger partial charge in [0.25, 0.3) is 0 Å². The van der Waals surface area contributed by atoms with Gasteiger partial charge in [-0.3, -0.25) is 0 Å². The van der Waals surface area contributed by atoms with Gasteiger partial charge < -0.3 is 10.3 Å². The highest BCUT2D eigenvalue weighted by atomic mass is 15.1. The minimum Gasteiger partial charge on any atom is -0.762 e. The van der Waals surface area contributed by atoms with Crippen LogP contribution in [0.1, 0.15) is 20.8 Å². The highest BCUT2D eigenvalue weighted by Crippen LogP contribution is 1.75. The lowest BCUT2D eigenvalue weighted by atomic mass is 10.4. The van der Waals surface area contributed by atoms with Crippen molar-refractivity contribution < 1.29 is 4.90 Å². The Kier molecular flexibility index (Phi) is 12.1. The Bertz CT molecular complexity index is 237. The quantitative estimate of drug-likeness (QED) is 0.510. The van der Waals surface area contributed by atoms with Gasteiger partial charge in [0.05, 0.1) is 19.6 Å². The third kappa shape index (κ3) is 8.49. The number of nitrogens with zero attached hydrogens (tertiary/aromatic N) is 3. The van der Waals surface area contributed by atoms with Gasteiger partial charge in [0.2, 0.25) is 0 Å². The maximum absolute atomic E-state index is 7.79. The summed E-state index contributed by atoms with van der Waals surface area (Å²) in [4.78, 5) is 1.68. The lowest BCUT2D eigenvalue weighted by molar-refractivity contribution is -0.894. The van der Waals surface area contributed by atoms with E-state index < -0.39 is 5.57 Å². The molecule has 0 unspecified atom stereocenters. The topological polar surface area (TPSA) is 74.3 Å². The number of allylic oxidation sites excluding steroid dienone is 1. The summed E-state index contributed by atoms with van der Waals surface area (Å²) >= 11 is 0. The molecule has 0 heterocycles. The van der Waals surface area contributed by atoms with Crippen LogP contribution >= 0.6 is 0 Å². The highest BCUT2D eigenvalue weighted by molar-refractivity contribution is 5.71. The predicted octanol–water partition coefficient (Wildman–Crippen LogP) is 0.130. The molecule has 76 valence electrons. The molecular formula is C10H16N4. The average Bonchev–Trinajstić information content (AvgIpc) is 2.24. The highest BCUT2D eigenvalue weighted by Gasteiger charge is 1.92. The van der Waals surface area contributed by atoms with Gasteiger partial charge in [0.1, 0.15) is 17.7 Å². The molecule has 0 saturated heterocycles. The van der Waals surface area contributed by atoms with Crippen LogP contribution in [0, 0.1) is 22.7 Å². The molecule has 0 aromatic carbocycles. The van der Waals surface area contributed by atoms with Crippen LogP contribution in [-0.4, -0.2) is 25.5 Å². The van der Waals surface area contributed by atoms with Gasteiger partial charge in [-0.2, -0.15) is 10.5 Å². The molecule has 0 radical (unpaired) electrons. The second-order valence-electron chi connectivity index (χ2n) is 2.52. The van der Waals surface area contributed by atoms with Gasteiger partial charge in [0, 0.05) is 0 Å². The van der Waals surface area contributed by atoms with E-state index in [-0.39, 0.29) is 0 Å². The van der Waals surface area contributed by atoms with Crippen LogP contribution in [0.2, 0.25) is 0 Å². The molecule has 0 fully saturated rings. The fraction of sp³-hybridized carbons (Fsp3) is 0.600. The fourth-order valence-electron chi connectivity index (χ4n) is 0.825. The first-order valence-corrected chi connectivity index (χ1v) is 4.60. The monoisotopic (exact) mass is 192 g/mol. The van der Waals surface area contributed by atoms with E-state index in [2.05, 4.69) is 20.8 Å². The van der Waals surface area contributed by atoms with Gasteiger partial charge >= 0.3 is 0 Å². The van der Waals surface area contributed by atoms with Crippen LogP contribution in [0.25, 0.3) is 5.41 Å². The molecule has 0 atom stereocenters. The number of hydrogen-bond acceptors (Lipinski definition) is 2. The lowest BCUT2D eigenvalue weighted by Gasteiger charge is -2.10. The first kappa shape index (κ1) is 14.9. The summed E-state index contributed by atoms with van der Waals surface area (Å²) in [6.45, 7) is 10.5. The van der Waals surface area contributed by atoms with Gasteiger partial charge in [-0.15, -0.1) is 0 Å². The maximum atomic E-state index is 7.79. The van der Waals surface area contributed by atoms with E-state index in [0.717, 1.165) is 0 Å². The number of nitriles is 2.